The highest BCUT2D eigenvalue weighted by atomic mass is 35.5. The number of barbiturate groups is 1. The van der Waals surface area contributed by atoms with Crippen LogP contribution in [0.4, 0.5) is 10.5 Å². The number of ether oxygens (including phenoxy) is 1. The summed E-state index contributed by atoms with van der Waals surface area (Å²) in [7, 11) is 0. The van der Waals surface area contributed by atoms with E-state index < -0.39 is 17.8 Å². The number of carbonyl (C=O) groups is 3. The van der Waals surface area contributed by atoms with Crippen molar-refractivity contribution in [1.82, 2.24) is 5.32 Å². The largest absolute Gasteiger partial charge is 0.493 e. The molecule has 1 heterocycles. The third-order valence-corrected chi connectivity index (χ3v) is 5.51. The Hall–Kier alpha value is -3.64. The Balaban J connectivity index is 1.83. The number of halogens is 1. The molecule has 1 N–H and O–H groups in total. The number of hydrogen-bond acceptors (Lipinski definition) is 4. The second-order valence-electron chi connectivity index (χ2n) is 6.97. The maximum Gasteiger partial charge on any atom is 0.335 e. The molecule has 1 fully saturated rings. The molecular formula is C24H19ClN2O4. The van der Waals surface area contributed by atoms with Gasteiger partial charge in [-0.05, 0) is 54.6 Å². The standard InChI is InChI=1S/C24H19ClN2O4/c1-3-31-21-12-11-15(16-7-4-5-8-17(16)21)13-18-22(28)26-24(30)27(23(18)29)20-10-6-9-19(25)14(20)2/h4-13H,3H2,1-2H3,(H,26,28,30)/b18-13+. The van der Waals surface area contributed by atoms with E-state index in [-0.39, 0.29) is 5.57 Å². The van der Waals surface area contributed by atoms with Crippen LogP contribution in [0.5, 0.6) is 5.75 Å². The molecule has 0 unspecified atom stereocenters. The van der Waals surface area contributed by atoms with Crippen LogP contribution >= 0.6 is 11.6 Å². The SMILES string of the molecule is CCOc1ccc(/C=C2\C(=O)NC(=O)N(c3cccc(Cl)c3C)C2=O)c2ccccc12. The summed E-state index contributed by atoms with van der Waals surface area (Å²) >= 11 is 6.17. The van der Waals surface area contributed by atoms with Crippen LogP contribution in [0.3, 0.4) is 0 Å². The van der Waals surface area contributed by atoms with Crippen LogP contribution in [0.1, 0.15) is 18.1 Å². The van der Waals surface area contributed by atoms with Crippen molar-refractivity contribution in [2.45, 2.75) is 13.8 Å². The Morgan fingerprint density at radius 1 is 1.00 bits per heavy atom. The number of nitrogens with zero attached hydrogens (tertiary/aromatic N) is 1. The van der Waals surface area contributed by atoms with Crippen LogP contribution in [-0.4, -0.2) is 24.5 Å². The lowest BCUT2D eigenvalue weighted by Gasteiger charge is -2.27. The predicted octanol–water partition coefficient (Wildman–Crippen LogP) is 4.87. The number of imide groups is 2. The molecule has 0 bridgehead atoms. The van der Waals surface area contributed by atoms with Crippen LogP contribution in [0.25, 0.3) is 16.8 Å². The summed E-state index contributed by atoms with van der Waals surface area (Å²) < 4.78 is 5.69. The zero-order valence-electron chi connectivity index (χ0n) is 16.9. The molecule has 1 saturated heterocycles. The van der Waals surface area contributed by atoms with Gasteiger partial charge in [-0.15, -0.1) is 0 Å². The van der Waals surface area contributed by atoms with E-state index >= 15 is 0 Å². The highest BCUT2D eigenvalue weighted by Crippen LogP contribution is 2.32. The molecule has 0 saturated carbocycles. The van der Waals surface area contributed by atoms with Crippen molar-refractivity contribution < 1.29 is 19.1 Å². The summed E-state index contributed by atoms with van der Waals surface area (Å²) in [5.74, 6) is -0.744. The van der Waals surface area contributed by atoms with Crippen molar-refractivity contribution in [3.63, 3.8) is 0 Å². The van der Waals surface area contributed by atoms with Gasteiger partial charge in [0.05, 0.1) is 12.3 Å². The molecule has 31 heavy (non-hydrogen) atoms. The van der Waals surface area contributed by atoms with Gasteiger partial charge in [0.2, 0.25) is 0 Å². The van der Waals surface area contributed by atoms with Gasteiger partial charge >= 0.3 is 6.03 Å². The molecule has 7 heteroatoms. The number of benzene rings is 3. The molecule has 4 rings (SSSR count). The topological polar surface area (TPSA) is 75.7 Å². The number of fused-ring (bicyclic) bond motifs is 1. The fourth-order valence-corrected chi connectivity index (χ4v) is 3.74. The monoisotopic (exact) mass is 434 g/mol. The van der Waals surface area contributed by atoms with Crippen molar-refractivity contribution >= 4 is 52.0 Å². The zero-order valence-corrected chi connectivity index (χ0v) is 17.7. The first-order chi connectivity index (χ1) is 14.9. The summed E-state index contributed by atoms with van der Waals surface area (Å²) in [6.07, 6.45) is 1.50. The number of rotatable bonds is 4. The van der Waals surface area contributed by atoms with Crippen molar-refractivity contribution in [2.24, 2.45) is 0 Å². The second kappa shape index (κ2) is 8.24. The number of amides is 4. The van der Waals surface area contributed by atoms with Gasteiger partial charge in [-0.2, -0.15) is 0 Å². The summed E-state index contributed by atoms with van der Waals surface area (Å²) in [5, 5.41) is 4.35. The van der Waals surface area contributed by atoms with Crippen LogP contribution < -0.4 is 15.0 Å². The first kappa shape index (κ1) is 20.6. The second-order valence-corrected chi connectivity index (χ2v) is 7.38. The molecule has 156 valence electrons. The van der Waals surface area contributed by atoms with Crippen molar-refractivity contribution in [3.05, 3.63) is 76.3 Å². The van der Waals surface area contributed by atoms with Gasteiger partial charge in [0.15, 0.2) is 0 Å². The van der Waals surface area contributed by atoms with Gasteiger partial charge in [-0.25, -0.2) is 9.69 Å². The maximum absolute atomic E-state index is 13.2. The highest BCUT2D eigenvalue weighted by molar-refractivity contribution is 6.40. The third-order valence-electron chi connectivity index (χ3n) is 5.10. The van der Waals surface area contributed by atoms with E-state index in [1.54, 1.807) is 37.3 Å². The minimum absolute atomic E-state index is 0.145. The van der Waals surface area contributed by atoms with Crippen LogP contribution in [0.2, 0.25) is 5.02 Å². The average Bonchev–Trinajstić information content (AvgIpc) is 2.75. The first-order valence-electron chi connectivity index (χ1n) is 9.73. The minimum Gasteiger partial charge on any atom is -0.493 e. The van der Waals surface area contributed by atoms with E-state index in [0.29, 0.717) is 34.2 Å². The molecule has 0 radical (unpaired) electrons. The normalized spacial score (nSPS) is 15.5. The molecule has 3 aromatic carbocycles. The van der Waals surface area contributed by atoms with E-state index in [1.807, 2.05) is 31.2 Å². The van der Waals surface area contributed by atoms with Crippen molar-refractivity contribution in [1.29, 1.82) is 0 Å². The lowest BCUT2D eigenvalue weighted by atomic mass is 10.00. The van der Waals surface area contributed by atoms with Gasteiger partial charge in [0, 0.05) is 10.4 Å². The maximum atomic E-state index is 13.2. The lowest BCUT2D eigenvalue weighted by molar-refractivity contribution is -0.122. The van der Waals surface area contributed by atoms with Gasteiger partial charge in [-0.1, -0.05) is 48.0 Å². The predicted molar refractivity (Wildman–Crippen MR) is 120 cm³/mol. The zero-order chi connectivity index (χ0) is 22.1. The average molecular weight is 435 g/mol. The Bertz CT molecular complexity index is 1270. The van der Waals surface area contributed by atoms with Crippen molar-refractivity contribution in [3.8, 4) is 5.75 Å². The molecule has 1 aliphatic heterocycles. The Labute approximate surface area is 184 Å². The van der Waals surface area contributed by atoms with Crippen LogP contribution in [0.15, 0.2) is 60.2 Å². The molecule has 1 aliphatic rings. The number of urea groups is 1. The third kappa shape index (κ3) is 3.66. The molecule has 0 atom stereocenters. The molecule has 0 spiro atoms. The molecule has 0 aromatic heterocycles. The molecule has 0 aliphatic carbocycles. The fourth-order valence-electron chi connectivity index (χ4n) is 3.57. The van der Waals surface area contributed by atoms with E-state index in [4.69, 9.17) is 16.3 Å². The summed E-state index contributed by atoms with van der Waals surface area (Å²) in [6, 6.07) is 15.3. The van der Waals surface area contributed by atoms with Gasteiger partial charge in [-0.3, -0.25) is 14.9 Å². The molecular weight excluding hydrogens is 416 g/mol. The van der Waals surface area contributed by atoms with E-state index in [1.165, 1.54) is 6.08 Å². The highest BCUT2D eigenvalue weighted by Gasteiger charge is 2.37. The minimum atomic E-state index is -0.811. The molecule has 4 amide bonds. The van der Waals surface area contributed by atoms with Gasteiger partial charge in [0.1, 0.15) is 11.3 Å². The lowest BCUT2D eigenvalue weighted by Crippen LogP contribution is -2.54. The number of hydrogen-bond donors (Lipinski definition) is 1. The molecule has 6 nitrogen and oxygen atoms in total. The number of carbonyl (C=O) groups excluding carboxylic acids is 3. The fraction of sp³-hybridized carbons (Fsp3) is 0.125. The van der Waals surface area contributed by atoms with E-state index in [0.717, 1.165) is 15.7 Å². The quantitative estimate of drug-likeness (QED) is 0.469. The van der Waals surface area contributed by atoms with Crippen molar-refractivity contribution in [2.75, 3.05) is 11.5 Å². The van der Waals surface area contributed by atoms with Crippen LogP contribution in [0, 0.1) is 6.92 Å². The summed E-state index contributed by atoms with van der Waals surface area (Å²) in [6.45, 7) is 4.12. The van der Waals surface area contributed by atoms with Crippen LogP contribution in [-0.2, 0) is 9.59 Å². The Kier molecular flexibility index (Phi) is 5.48. The Morgan fingerprint density at radius 3 is 2.48 bits per heavy atom. The first-order valence-corrected chi connectivity index (χ1v) is 10.1. The Morgan fingerprint density at radius 2 is 1.74 bits per heavy atom. The smallest absolute Gasteiger partial charge is 0.335 e. The van der Waals surface area contributed by atoms with E-state index in [2.05, 4.69) is 5.32 Å². The van der Waals surface area contributed by atoms with E-state index in [9.17, 15) is 14.4 Å². The summed E-state index contributed by atoms with van der Waals surface area (Å²) in [4.78, 5) is 39.2. The summed E-state index contributed by atoms with van der Waals surface area (Å²) in [5.41, 5.74) is 1.40. The number of nitrogens with one attached hydrogen (secondary N) is 1. The van der Waals surface area contributed by atoms with Gasteiger partial charge in [0.25, 0.3) is 11.8 Å². The number of anilines is 1. The molecule has 3 aromatic rings. The van der Waals surface area contributed by atoms with Gasteiger partial charge < -0.3 is 4.74 Å².